The summed E-state index contributed by atoms with van der Waals surface area (Å²) in [5.74, 6) is -1.35. The Morgan fingerprint density at radius 2 is 2.12 bits per heavy atom. The number of nitrogens with one attached hydrogen (secondary N) is 1. The highest BCUT2D eigenvalue weighted by atomic mass is 19.1. The minimum atomic E-state index is -0.576. The van der Waals surface area contributed by atoms with Crippen LogP contribution in [0.4, 0.5) is 4.39 Å². The van der Waals surface area contributed by atoms with E-state index in [1.165, 1.54) is 19.1 Å². The zero-order valence-corrected chi connectivity index (χ0v) is 9.63. The zero-order valence-electron chi connectivity index (χ0n) is 9.63. The molecule has 0 radical (unpaired) electrons. The van der Waals surface area contributed by atoms with Crippen molar-refractivity contribution in [3.63, 3.8) is 0 Å². The fraction of sp³-hybridized carbons (Fsp3) is 0.385. The van der Waals surface area contributed by atoms with Crippen molar-refractivity contribution in [2.24, 2.45) is 0 Å². The summed E-state index contributed by atoms with van der Waals surface area (Å²) in [6.45, 7) is 1.63. The van der Waals surface area contributed by atoms with Gasteiger partial charge in [0.15, 0.2) is 0 Å². The highest BCUT2D eigenvalue weighted by Crippen LogP contribution is 2.47. The molecule has 0 unspecified atom stereocenters. The lowest BCUT2D eigenvalue weighted by Gasteiger charge is -2.16. The van der Waals surface area contributed by atoms with Gasteiger partial charge in [-0.3, -0.25) is 9.59 Å². The molecule has 0 saturated heterocycles. The lowest BCUT2D eigenvalue weighted by atomic mass is 9.96. The van der Waals surface area contributed by atoms with E-state index in [9.17, 15) is 14.0 Å². The van der Waals surface area contributed by atoms with Gasteiger partial charge in [0, 0.05) is 18.9 Å². The first-order chi connectivity index (χ1) is 8.03. The maximum Gasteiger partial charge on any atom is 0.287 e. The Labute approximate surface area is 99.0 Å². The normalized spacial score (nSPS) is 16.4. The molecule has 0 bridgehead atoms. The van der Waals surface area contributed by atoms with Crippen molar-refractivity contribution in [2.75, 3.05) is 6.54 Å². The molecule has 1 amide bonds. The molecule has 4 heteroatoms. The fourth-order valence-electron chi connectivity index (χ4n) is 1.91. The summed E-state index contributed by atoms with van der Waals surface area (Å²) < 4.78 is 13.1. The molecule has 0 aliphatic heterocycles. The first-order valence-electron chi connectivity index (χ1n) is 5.58. The van der Waals surface area contributed by atoms with E-state index < -0.39 is 11.7 Å². The highest BCUT2D eigenvalue weighted by Gasteiger charge is 2.44. The maximum atomic E-state index is 13.1. The third-order valence-corrected chi connectivity index (χ3v) is 3.20. The van der Waals surface area contributed by atoms with E-state index in [1.54, 1.807) is 6.07 Å². The van der Waals surface area contributed by atoms with Crippen LogP contribution in [0.3, 0.4) is 0 Å². The molecule has 3 nitrogen and oxygen atoms in total. The van der Waals surface area contributed by atoms with Crippen LogP contribution in [0.1, 0.15) is 25.3 Å². The molecule has 0 heterocycles. The number of ketones is 1. The minimum Gasteiger partial charge on any atom is -0.349 e. The Balaban J connectivity index is 2.05. The summed E-state index contributed by atoms with van der Waals surface area (Å²) in [7, 11) is 0. The highest BCUT2D eigenvalue weighted by molar-refractivity contribution is 6.35. The molecule has 1 fully saturated rings. The topological polar surface area (TPSA) is 46.2 Å². The Kier molecular flexibility index (Phi) is 2.96. The van der Waals surface area contributed by atoms with Crippen molar-refractivity contribution in [3.05, 3.63) is 35.6 Å². The average Bonchev–Trinajstić information content (AvgIpc) is 3.07. The second-order valence-electron chi connectivity index (χ2n) is 4.53. The lowest BCUT2D eigenvalue weighted by molar-refractivity contribution is -0.136. The van der Waals surface area contributed by atoms with Crippen LogP contribution in [-0.2, 0) is 15.0 Å². The SMILES string of the molecule is CC(=O)C(=O)NCC1(c2cccc(F)c2)CC1. The Morgan fingerprint density at radius 1 is 1.41 bits per heavy atom. The van der Waals surface area contributed by atoms with Gasteiger partial charge in [-0.25, -0.2) is 4.39 Å². The monoisotopic (exact) mass is 235 g/mol. The van der Waals surface area contributed by atoms with Crippen molar-refractivity contribution >= 4 is 11.7 Å². The second-order valence-corrected chi connectivity index (χ2v) is 4.53. The van der Waals surface area contributed by atoms with Crippen molar-refractivity contribution in [1.82, 2.24) is 5.32 Å². The van der Waals surface area contributed by atoms with E-state index in [4.69, 9.17) is 0 Å². The fourth-order valence-corrected chi connectivity index (χ4v) is 1.91. The first-order valence-corrected chi connectivity index (χ1v) is 5.58. The zero-order chi connectivity index (χ0) is 12.5. The number of carbonyl (C=O) groups excluding carboxylic acids is 2. The Morgan fingerprint density at radius 3 is 2.65 bits per heavy atom. The predicted octanol–water partition coefficient (Wildman–Crippen LogP) is 1.56. The number of carbonyl (C=O) groups is 2. The van der Waals surface area contributed by atoms with E-state index in [0.717, 1.165) is 18.4 Å². The molecular formula is C13H14FNO2. The molecule has 1 saturated carbocycles. The summed E-state index contributed by atoms with van der Waals surface area (Å²) in [6.07, 6.45) is 1.82. The van der Waals surface area contributed by atoms with Crippen molar-refractivity contribution in [1.29, 1.82) is 0 Å². The van der Waals surface area contributed by atoms with E-state index in [0.29, 0.717) is 6.54 Å². The molecule has 1 aliphatic carbocycles. The minimum absolute atomic E-state index is 0.173. The van der Waals surface area contributed by atoms with Crippen LogP contribution in [0.2, 0.25) is 0 Å². The van der Waals surface area contributed by atoms with Crippen LogP contribution in [0.25, 0.3) is 0 Å². The van der Waals surface area contributed by atoms with Gasteiger partial charge in [0.25, 0.3) is 5.91 Å². The number of halogens is 1. The van der Waals surface area contributed by atoms with E-state index >= 15 is 0 Å². The summed E-state index contributed by atoms with van der Waals surface area (Å²) in [6, 6.07) is 6.41. The number of Topliss-reactive ketones (excluding diaryl/α,β-unsaturated/α-hetero) is 1. The van der Waals surface area contributed by atoms with Crippen LogP contribution in [0.15, 0.2) is 24.3 Å². The molecule has 1 aromatic carbocycles. The van der Waals surface area contributed by atoms with Crippen LogP contribution in [-0.4, -0.2) is 18.2 Å². The number of rotatable bonds is 4. The quantitative estimate of drug-likeness (QED) is 0.805. The van der Waals surface area contributed by atoms with Crippen LogP contribution in [0, 0.1) is 5.82 Å². The number of hydrogen-bond acceptors (Lipinski definition) is 2. The lowest BCUT2D eigenvalue weighted by Crippen LogP contribution is -2.35. The molecular weight excluding hydrogens is 221 g/mol. The van der Waals surface area contributed by atoms with Crippen molar-refractivity contribution < 1.29 is 14.0 Å². The van der Waals surface area contributed by atoms with Gasteiger partial charge >= 0.3 is 0 Å². The molecule has 1 aromatic rings. The number of benzene rings is 1. The van der Waals surface area contributed by atoms with Gasteiger partial charge < -0.3 is 5.32 Å². The molecule has 17 heavy (non-hydrogen) atoms. The van der Waals surface area contributed by atoms with Crippen LogP contribution < -0.4 is 5.32 Å². The Bertz CT molecular complexity index is 466. The van der Waals surface area contributed by atoms with Crippen molar-refractivity contribution in [2.45, 2.75) is 25.2 Å². The average molecular weight is 235 g/mol. The second kappa shape index (κ2) is 4.28. The first kappa shape index (κ1) is 11.8. The van der Waals surface area contributed by atoms with Crippen LogP contribution >= 0.6 is 0 Å². The number of hydrogen-bond donors (Lipinski definition) is 1. The number of amides is 1. The summed E-state index contributed by atoms with van der Waals surface area (Å²) in [4.78, 5) is 22.0. The largest absolute Gasteiger partial charge is 0.349 e. The van der Waals surface area contributed by atoms with Gasteiger partial charge in [0.05, 0.1) is 0 Å². The van der Waals surface area contributed by atoms with Gasteiger partial charge in [0.2, 0.25) is 5.78 Å². The van der Waals surface area contributed by atoms with Gasteiger partial charge in [-0.05, 0) is 30.5 Å². The van der Waals surface area contributed by atoms with Crippen LogP contribution in [0.5, 0.6) is 0 Å². The van der Waals surface area contributed by atoms with E-state index in [-0.39, 0.29) is 11.2 Å². The molecule has 0 aromatic heterocycles. The molecule has 90 valence electrons. The summed E-state index contributed by atoms with van der Waals surface area (Å²) in [5, 5.41) is 2.59. The van der Waals surface area contributed by atoms with Gasteiger partial charge in [-0.2, -0.15) is 0 Å². The van der Waals surface area contributed by atoms with Gasteiger partial charge in [-0.1, -0.05) is 12.1 Å². The molecule has 0 spiro atoms. The standard InChI is InChI=1S/C13H14FNO2/c1-9(16)12(17)15-8-13(5-6-13)10-3-2-4-11(14)7-10/h2-4,7H,5-6,8H2,1H3,(H,15,17). The van der Waals surface area contributed by atoms with Gasteiger partial charge in [0.1, 0.15) is 5.82 Å². The molecule has 1 N–H and O–H groups in total. The smallest absolute Gasteiger partial charge is 0.287 e. The van der Waals surface area contributed by atoms with E-state index in [1.807, 2.05) is 6.07 Å². The molecule has 1 aliphatic rings. The maximum absolute atomic E-state index is 13.1. The molecule has 2 rings (SSSR count). The van der Waals surface area contributed by atoms with Gasteiger partial charge in [-0.15, -0.1) is 0 Å². The predicted molar refractivity (Wildman–Crippen MR) is 61.0 cm³/mol. The summed E-state index contributed by atoms with van der Waals surface area (Å²) in [5.41, 5.74) is 0.717. The molecule has 0 atom stereocenters. The third-order valence-electron chi connectivity index (χ3n) is 3.20. The third kappa shape index (κ3) is 2.52. The summed E-state index contributed by atoms with van der Waals surface area (Å²) >= 11 is 0. The van der Waals surface area contributed by atoms with E-state index in [2.05, 4.69) is 5.32 Å². The van der Waals surface area contributed by atoms with Crippen molar-refractivity contribution in [3.8, 4) is 0 Å². The Hall–Kier alpha value is -1.71.